The quantitative estimate of drug-likeness (QED) is 0.904. The van der Waals surface area contributed by atoms with E-state index in [2.05, 4.69) is 31.0 Å². The van der Waals surface area contributed by atoms with E-state index in [-0.39, 0.29) is 0 Å². The maximum absolute atomic E-state index is 5.95. The molecular formula is C15H22N2O2. The van der Waals surface area contributed by atoms with Crippen LogP contribution < -0.4 is 20.1 Å². The molecule has 0 bridgehead atoms. The molecule has 0 atom stereocenters. The fraction of sp³-hybridized carbons (Fsp3) is 0.600. The Kier molecular flexibility index (Phi) is 3.05. The van der Waals surface area contributed by atoms with Crippen LogP contribution in [0, 0.1) is 12.3 Å². The lowest BCUT2D eigenvalue weighted by Crippen LogP contribution is -2.46. The Hall–Kier alpha value is -1.42. The molecule has 1 fully saturated rings. The SMILES string of the molecule is Cc1cc2c(cc1N(C)CC1(CN)CCC1)OCO2. The summed E-state index contributed by atoms with van der Waals surface area (Å²) in [5, 5.41) is 0. The van der Waals surface area contributed by atoms with Crippen molar-refractivity contribution in [3.05, 3.63) is 17.7 Å². The van der Waals surface area contributed by atoms with E-state index in [1.54, 1.807) is 0 Å². The van der Waals surface area contributed by atoms with Crippen LogP contribution in [0.1, 0.15) is 24.8 Å². The molecule has 19 heavy (non-hydrogen) atoms. The van der Waals surface area contributed by atoms with Gasteiger partial charge in [0.05, 0.1) is 0 Å². The van der Waals surface area contributed by atoms with Crippen molar-refractivity contribution < 1.29 is 9.47 Å². The van der Waals surface area contributed by atoms with Crippen molar-refractivity contribution in [2.75, 3.05) is 31.8 Å². The molecule has 0 saturated heterocycles. The molecule has 1 saturated carbocycles. The smallest absolute Gasteiger partial charge is 0.231 e. The standard InChI is InChI=1S/C15H22N2O2/c1-11-6-13-14(19-10-18-13)7-12(11)17(2)9-15(8-16)4-3-5-15/h6-7H,3-5,8-10,16H2,1-2H3. The van der Waals surface area contributed by atoms with Gasteiger partial charge in [-0.05, 0) is 37.9 Å². The number of fused-ring (bicyclic) bond motifs is 1. The Balaban J connectivity index is 1.81. The van der Waals surface area contributed by atoms with Crippen LogP contribution in [0.5, 0.6) is 11.5 Å². The van der Waals surface area contributed by atoms with Gasteiger partial charge in [0, 0.05) is 30.8 Å². The van der Waals surface area contributed by atoms with E-state index in [1.807, 2.05) is 0 Å². The third-order valence-corrected chi connectivity index (χ3v) is 4.52. The van der Waals surface area contributed by atoms with Crippen molar-refractivity contribution >= 4 is 5.69 Å². The molecule has 1 aliphatic heterocycles. The van der Waals surface area contributed by atoms with Gasteiger partial charge < -0.3 is 20.1 Å². The minimum atomic E-state index is 0.317. The topological polar surface area (TPSA) is 47.7 Å². The van der Waals surface area contributed by atoms with Crippen LogP contribution in [0.4, 0.5) is 5.69 Å². The molecule has 2 aliphatic rings. The van der Waals surface area contributed by atoms with E-state index in [9.17, 15) is 0 Å². The maximum atomic E-state index is 5.95. The number of rotatable bonds is 4. The van der Waals surface area contributed by atoms with Crippen LogP contribution in [0.25, 0.3) is 0 Å². The lowest BCUT2D eigenvalue weighted by molar-refractivity contribution is 0.154. The van der Waals surface area contributed by atoms with Gasteiger partial charge in [-0.25, -0.2) is 0 Å². The first-order valence-corrected chi connectivity index (χ1v) is 6.95. The summed E-state index contributed by atoms with van der Waals surface area (Å²) in [6, 6.07) is 4.14. The molecule has 1 heterocycles. The zero-order chi connectivity index (χ0) is 13.5. The summed E-state index contributed by atoms with van der Waals surface area (Å²) < 4.78 is 10.9. The van der Waals surface area contributed by atoms with Crippen molar-refractivity contribution in [2.45, 2.75) is 26.2 Å². The first-order valence-electron chi connectivity index (χ1n) is 6.95. The summed E-state index contributed by atoms with van der Waals surface area (Å²) in [5.74, 6) is 1.70. The molecule has 3 rings (SSSR count). The largest absolute Gasteiger partial charge is 0.454 e. The molecule has 1 aromatic rings. The molecule has 2 N–H and O–H groups in total. The van der Waals surface area contributed by atoms with E-state index in [4.69, 9.17) is 15.2 Å². The molecule has 4 nitrogen and oxygen atoms in total. The van der Waals surface area contributed by atoms with Crippen molar-refractivity contribution in [1.82, 2.24) is 0 Å². The summed E-state index contributed by atoms with van der Waals surface area (Å²) in [5.41, 5.74) is 8.70. The minimum Gasteiger partial charge on any atom is -0.454 e. The number of anilines is 1. The van der Waals surface area contributed by atoms with Crippen LogP contribution in [0.15, 0.2) is 12.1 Å². The van der Waals surface area contributed by atoms with Gasteiger partial charge in [0.1, 0.15) is 0 Å². The van der Waals surface area contributed by atoms with Crippen molar-refractivity contribution in [3.63, 3.8) is 0 Å². The Bertz CT molecular complexity index is 478. The van der Waals surface area contributed by atoms with Crippen LogP contribution in [-0.4, -0.2) is 26.9 Å². The van der Waals surface area contributed by atoms with Gasteiger partial charge in [0.25, 0.3) is 0 Å². The van der Waals surface area contributed by atoms with Crippen LogP contribution >= 0.6 is 0 Å². The number of aryl methyl sites for hydroxylation is 1. The molecule has 0 radical (unpaired) electrons. The van der Waals surface area contributed by atoms with Gasteiger partial charge in [0.15, 0.2) is 11.5 Å². The first-order chi connectivity index (χ1) is 9.13. The van der Waals surface area contributed by atoms with E-state index in [1.165, 1.54) is 30.5 Å². The third-order valence-electron chi connectivity index (χ3n) is 4.52. The molecule has 104 valence electrons. The monoisotopic (exact) mass is 262 g/mol. The van der Waals surface area contributed by atoms with Crippen molar-refractivity contribution in [3.8, 4) is 11.5 Å². The summed E-state index contributed by atoms with van der Waals surface area (Å²) in [6.45, 7) is 4.24. The van der Waals surface area contributed by atoms with E-state index >= 15 is 0 Å². The predicted molar refractivity (Wildman–Crippen MR) is 75.9 cm³/mol. The highest BCUT2D eigenvalue weighted by atomic mass is 16.7. The lowest BCUT2D eigenvalue weighted by atomic mass is 9.68. The van der Waals surface area contributed by atoms with Gasteiger partial charge >= 0.3 is 0 Å². The van der Waals surface area contributed by atoms with Crippen LogP contribution in [0.2, 0.25) is 0 Å². The van der Waals surface area contributed by atoms with Gasteiger partial charge in [-0.1, -0.05) is 6.42 Å². The molecular weight excluding hydrogens is 240 g/mol. The Labute approximate surface area is 114 Å². The summed E-state index contributed by atoms with van der Waals surface area (Å²) in [6.07, 6.45) is 3.81. The predicted octanol–water partition coefficient (Wildman–Crippen LogP) is 2.29. The lowest BCUT2D eigenvalue weighted by Gasteiger charge is -2.44. The molecule has 0 unspecified atom stereocenters. The van der Waals surface area contributed by atoms with Gasteiger partial charge in [0.2, 0.25) is 6.79 Å². The number of nitrogens with zero attached hydrogens (tertiary/aromatic N) is 1. The van der Waals surface area contributed by atoms with Crippen LogP contribution in [0.3, 0.4) is 0 Å². The van der Waals surface area contributed by atoms with Gasteiger partial charge in [-0.2, -0.15) is 0 Å². The van der Waals surface area contributed by atoms with E-state index < -0.39 is 0 Å². The van der Waals surface area contributed by atoms with Crippen molar-refractivity contribution in [2.24, 2.45) is 11.1 Å². The molecule has 1 aromatic carbocycles. The average Bonchev–Trinajstić information content (AvgIpc) is 2.79. The number of ether oxygens (including phenoxy) is 2. The van der Waals surface area contributed by atoms with Crippen LogP contribution in [-0.2, 0) is 0 Å². The van der Waals surface area contributed by atoms with Crippen molar-refractivity contribution in [1.29, 1.82) is 0 Å². The highest BCUT2D eigenvalue weighted by Gasteiger charge is 2.36. The second kappa shape index (κ2) is 4.60. The number of nitrogens with two attached hydrogens (primary N) is 1. The Morgan fingerprint density at radius 1 is 1.26 bits per heavy atom. The average molecular weight is 262 g/mol. The summed E-state index contributed by atoms with van der Waals surface area (Å²) in [7, 11) is 2.14. The van der Waals surface area contributed by atoms with E-state index in [0.717, 1.165) is 24.6 Å². The molecule has 0 amide bonds. The number of benzene rings is 1. The number of hydrogen-bond donors (Lipinski definition) is 1. The highest BCUT2D eigenvalue weighted by molar-refractivity contribution is 5.62. The molecule has 0 spiro atoms. The fourth-order valence-corrected chi connectivity index (χ4v) is 3.14. The van der Waals surface area contributed by atoms with Gasteiger partial charge in [-0.3, -0.25) is 0 Å². The third kappa shape index (κ3) is 2.14. The minimum absolute atomic E-state index is 0.317. The summed E-state index contributed by atoms with van der Waals surface area (Å²) >= 11 is 0. The Morgan fingerprint density at radius 2 is 1.95 bits per heavy atom. The zero-order valence-corrected chi connectivity index (χ0v) is 11.7. The maximum Gasteiger partial charge on any atom is 0.231 e. The first kappa shape index (κ1) is 12.6. The fourth-order valence-electron chi connectivity index (χ4n) is 3.14. The molecule has 1 aliphatic carbocycles. The van der Waals surface area contributed by atoms with E-state index in [0.29, 0.717) is 12.2 Å². The highest BCUT2D eigenvalue weighted by Crippen LogP contribution is 2.43. The zero-order valence-electron chi connectivity index (χ0n) is 11.7. The molecule has 4 heteroatoms. The van der Waals surface area contributed by atoms with Gasteiger partial charge in [-0.15, -0.1) is 0 Å². The summed E-state index contributed by atoms with van der Waals surface area (Å²) in [4.78, 5) is 2.31. The normalized spacial score (nSPS) is 19.1. The Morgan fingerprint density at radius 3 is 2.53 bits per heavy atom. The second-order valence-corrected chi connectivity index (χ2v) is 5.91. The molecule has 0 aromatic heterocycles. The number of hydrogen-bond acceptors (Lipinski definition) is 4. The second-order valence-electron chi connectivity index (χ2n) is 5.91.